The molecule has 2 fully saturated rings. The van der Waals surface area contributed by atoms with E-state index >= 15 is 0 Å². The highest BCUT2D eigenvalue weighted by Crippen LogP contribution is 2.41. The first kappa shape index (κ1) is 16.0. The zero-order valence-electron chi connectivity index (χ0n) is 13.4. The predicted octanol–water partition coefficient (Wildman–Crippen LogP) is 1.84. The number of carbonyl (C=O) groups excluding carboxylic acids is 3. The Balaban J connectivity index is 2.41. The van der Waals surface area contributed by atoms with Gasteiger partial charge in [-0.2, -0.15) is 0 Å². The number of ether oxygens (including phenoxy) is 2. The summed E-state index contributed by atoms with van der Waals surface area (Å²) in [5.41, 5.74) is -2.34. The SMILES string of the molecule is CC1(C)OCC(C=C2C(=O)C(C)(C)C(=O)C(C)(C)C2=O)O1. The van der Waals surface area contributed by atoms with Crippen LogP contribution in [0.15, 0.2) is 11.6 Å². The molecule has 1 aliphatic carbocycles. The van der Waals surface area contributed by atoms with E-state index < -0.39 is 34.3 Å². The van der Waals surface area contributed by atoms with Crippen molar-refractivity contribution in [3.8, 4) is 0 Å². The molecule has 0 aromatic carbocycles. The molecule has 0 aromatic rings. The second-order valence-electron chi connectivity index (χ2n) is 7.18. The summed E-state index contributed by atoms with van der Waals surface area (Å²) in [4.78, 5) is 37.3. The van der Waals surface area contributed by atoms with Crippen LogP contribution >= 0.6 is 0 Å². The van der Waals surface area contributed by atoms with Crippen LogP contribution in [0.5, 0.6) is 0 Å². The highest BCUT2D eigenvalue weighted by Gasteiger charge is 2.55. The van der Waals surface area contributed by atoms with Crippen molar-refractivity contribution in [2.24, 2.45) is 10.8 Å². The van der Waals surface area contributed by atoms with Crippen molar-refractivity contribution >= 4 is 17.3 Å². The molecule has 21 heavy (non-hydrogen) atoms. The van der Waals surface area contributed by atoms with Crippen LogP contribution in [0.25, 0.3) is 0 Å². The number of carbonyl (C=O) groups is 3. The van der Waals surface area contributed by atoms with Gasteiger partial charge < -0.3 is 9.47 Å². The zero-order valence-corrected chi connectivity index (χ0v) is 13.4. The van der Waals surface area contributed by atoms with E-state index in [0.29, 0.717) is 0 Å². The number of Topliss-reactive ketones (excluding diaryl/α,β-unsaturated/α-hetero) is 3. The van der Waals surface area contributed by atoms with Crippen LogP contribution in [0.1, 0.15) is 41.5 Å². The van der Waals surface area contributed by atoms with Crippen LogP contribution in [0, 0.1) is 10.8 Å². The van der Waals surface area contributed by atoms with Crippen LogP contribution in [0.2, 0.25) is 0 Å². The maximum atomic E-state index is 12.5. The van der Waals surface area contributed by atoms with Gasteiger partial charge in [0.05, 0.1) is 23.0 Å². The quantitative estimate of drug-likeness (QED) is 0.419. The van der Waals surface area contributed by atoms with Gasteiger partial charge in [0.25, 0.3) is 0 Å². The first-order valence-electron chi connectivity index (χ1n) is 7.08. The molecule has 0 spiro atoms. The summed E-state index contributed by atoms with van der Waals surface area (Å²) in [6, 6.07) is 0. The van der Waals surface area contributed by atoms with E-state index in [-0.39, 0.29) is 18.0 Å². The fraction of sp³-hybridized carbons (Fsp3) is 0.688. The van der Waals surface area contributed by atoms with Gasteiger partial charge in [-0.05, 0) is 47.6 Å². The molecule has 1 saturated heterocycles. The third-order valence-electron chi connectivity index (χ3n) is 4.14. The molecule has 5 nitrogen and oxygen atoms in total. The lowest BCUT2D eigenvalue weighted by molar-refractivity contribution is -0.151. The summed E-state index contributed by atoms with van der Waals surface area (Å²) >= 11 is 0. The van der Waals surface area contributed by atoms with E-state index in [1.54, 1.807) is 41.5 Å². The first-order valence-corrected chi connectivity index (χ1v) is 7.08. The van der Waals surface area contributed by atoms with E-state index in [1.807, 2.05) is 0 Å². The van der Waals surface area contributed by atoms with Gasteiger partial charge in [-0.25, -0.2) is 0 Å². The summed E-state index contributed by atoms with van der Waals surface area (Å²) in [6.07, 6.45) is 1.05. The summed E-state index contributed by atoms with van der Waals surface area (Å²) in [5.74, 6) is -1.95. The van der Waals surface area contributed by atoms with Crippen molar-refractivity contribution < 1.29 is 23.9 Å². The van der Waals surface area contributed by atoms with Crippen LogP contribution in [0.3, 0.4) is 0 Å². The van der Waals surface area contributed by atoms with Crippen LogP contribution in [-0.2, 0) is 23.9 Å². The van der Waals surface area contributed by atoms with Gasteiger partial charge in [0.1, 0.15) is 6.10 Å². The van der Waals surface area contributed by atoms with Gasteiger partial charge in [-0.1, -0.05) is 0 Å². The van der Waals surface area contributed by atoms with Crippen LogP contribution in [0.4, 0.5) is 0 Å². The Hall–Kier alpha value is -1.33. The van der Waals surface area contributed by atoms with E-state index in [4.69, 9.17) is 9.47 Å². The Morgan fingerprint density at radius 3 is 1.81 bits per heavy atom. The molecule has 1 heterocycles. The van der Waals surface area contributed by atoms with Crippen molar-refractivity contribution in [1.29, 1.82) is 0 Å². The fourth-order valence-electron chi connectivity index (χ4n) is 2.90. The molecule has 2 aliphatic rings. The Kier molecular flexibility index (Phi) is 3.50. The van der Waals surface area contributed by atoms with Crippen molar-refractivity contribution in [2.45, 2.75) is 53.4 Å². The maximum absolute atomic E-state index is 12.5. The van der Waals surface area contributed by atoms with Crippen LogP contribution < -0.4 is 0 Å². The normalized spacial score (nSPS) is 30.7. The molecule has 0 bridgehead atoms. The minimum absolute atomic E-state index is 0.0518. The number of allylic oxidation sites excluding steroid dienone is 1. The molecule has 116 valence electrons. The van der Waals surface area contributed by atoms with Crippen molar-refractivity contribution in [3.63, 3.8) is 0 Å². The lowest BCUT2D eigenvalue weighted by Gasteiger charge is -2.37. The molecule has 0 radical (unpaired) electrons. The highest BCUT2D eigenvalue weighted by atomic mass is 16.7. The van der Waals surface area contributed by atoms with E-state index in [2.05, 4.69) is 0 Å². The van der Waals surface area contributed by atoms with Crippen molar-refractivity contribution in [2.75, 3.05) is 6.61 Å². The first-order chi connectivity index (χ1) is 9.39. The molecule has 1 unspecified atom stereocenters. The van der Waals surface area contributed by atoms with Gasteiger partial charge in [-0.15, -0.1) is 0 Å². The average Bonchev–Trinajstić information content (AvgIpc) is 2.71. The van der Waals surface area contributed by atoms with E-state index in [9.17, 15) is 14.4 Å². The molecule has 0 aromatic heterocycles. The molecule has 1 atom stereocenters. The Labute approximate surface area is 124 Å². The standard InChI is InChI=1S/C16H22O5/c1-14(2)11(17)10(12(18)15(3,4)13(14)19)7-9-8-20-16(5,6)21-9/h7,9H,8H2,1-6H3. The zero-order chi connectivity index (χ0) is 16.2. The number of ketones is 3. The summed E-state index contributed by atoms with van der Waals surface area (Å²) in [6.45, 7) is 10.1. The lowest BCUT2D eigenvalue weighted by Crippen LogP contribution is -2.54. The van der Waals surface area contributed by atoms with Crippen molar-refractivity contribution in [1.82, 2.24) is 0 Å². The molecular weight excluding hydrogens is 272 g/mol. The molecule has 1 aliphatic heterocycles. The van der Waals surface area contributed by atoms with Gasteiger partial charge in [-0.3, -0.25) is 14.4 Å². The molecular formula is C16H22O5. The van der Waals surface area contributed by atoms with E-state index in [1.165, 1.54) is 6.08 Å². The van der Waals surface area contributed by atoms with Gasteiger partial charge in [0.15, 0.2) is 23.1 Å². The highest BCUT2D eigenvalue weighted by molar-refractivity contribution is 6.38. The second kappa shape index (κ2) is 4.58. The molecule has 0 N–H and O–H groups in total. The molecule has 2 rings (SSSR count). The van der Waals surface area contributed by atoms with E-state index in [0.717, 1.165) is 0 Å². The average molecular weight is 294 g/mol. The second-order valence-corrected chi connectivity index (χ2v) is 7.18. The van der Waals surface area contributed by atoms with Gasteiger partial charge in [0.2, 0.25) is 0 Å². The van der Waals surface area contributed by atoms with Crippen LogP contribution in [-0.4, -0.2) is 35.8 Å². The smallest absolute Gasteiger partial charge is 0.179 e. The third kappa shape index (κ3) is 2.49. The molecule has 0 amide bonds. The largest absolute Gasteiger partial charge is 0.347 e. The molecule has 5 heteroatoms. The summed E-state index contributed by atoms with van der Waals surface area (Å²) in [7, 11) is 0. The number of hydrogen-bond acceptors (Lipinski definition) is 5. The summed E-state index contributed by atoms with van der Waals surface area (Å²) < 4.78 is 11.1. The molecule has 1 saturated carbocycles. The third-order valence-corrected chi connectivity index (χ3v) is 4.14. The van der Waals surface area contributed by atoms with Gasteiger partial charge in [0, 0.05) is 0 Å². The Morgan fingerprint density at radius 1 is 0.952 bits per heavy atom. The Morgan fingerprint density at radius 2 is 1.43 bits per heavy atom. The number of rotatable bonds is 1. The minimum Gasteiger partial charge on any atom is -0.347 e. The summed E-state index contributed by atoms with van der Waals surface area (Å²) in [5, 5.41) is 0. The topological polar surface area (TPSA) is 69.7 Å². The monoisotopic (exact) mass is 294 g/mol. The maximum Gasteiger partial charge on any atom is 0.179 e. The number of hydrogen-bond donors (Lipinski definition) is 0. The minimum atomic E-state index is -1.20. The van der Waals surface area contributed by atoms with Crippen molar-refractivity contribution in [3.05, 3.63) is 11.6 Å². The fourth-order valence-corrected chi connectivity index (χ4v) is 2.90. The van der Waals surface area contributed by atoms with Gasteiger partial charge >= 0.3 is 0 Å². The Bertz CT molecular complexity index is 519. The predicted molar refractivity (Wildman–Crippen MR) is 75.6 cm³/mol. The lowest BCUT2D eigenvalue weighted by atomic mass is 9.61.